The van der Waals surface area contributed by atoms with Gasteiger partial charge < -0.3 is 26.0 Å². The number of nitrogens with two attached hydrogens (primary N) is 1. The van der Waals surface area contributed by atoms with Gasteiger partial charge in [0.1, 0.15) is 17.5 Å². The first-order valence-electron chi connectivity index (χ1n) is 8.74. The minimum atomic E-state index is -1.26. The molecular formula is C20H22FN3O6. The van der Waals surface area contributed by atoms with Gasteiger partial charge >= 0.3 is 17.9 Å². The van der Waals surface area contributed by atoms with Crippen molar-refractivity contribution in [1.29, 1.82) is 0 Å². The summed E-state index contributed by atoms with van der Waals surface area (Å²) in [5, 5.41) is 18.7. The molecule has 160 valence electrons. The van der Waals surface area contributed by atoms with Gasteiger partial charge in [0.2, 0.25) is 0 Å². The van der Waals surface area contributed by atoms with Gasteiger partial charge in [-0.2, -0.15) is 0 Å². The Morgan fingerprint density at radius 2 is 1.70 bits per heavy atom. The van der Waals surface area contributed by atoms with Gasteiger partial charge in [0.05, 0.1) is 13.0 Å². The largest absolute Gasteiger partial charge is 0.478 e. The Labute approximate surface area is 172 Å². The van der Waals surface area contributed by atoms with Gasteiger partial charge in [-0.05, 0) is 30.7 Å². The second kappa shape index (κ2) is 12.5. The Hall–Kier alpha value is -3.95. The van der Waals surface area contributed by atoms with Crippen LogP contribution in [0, 0.1) is 5.82 Å². The standard InChI is InChI=1S/C16H18FN3O2.C4H4O4/c1-2-22-15(21)9-12-5-8-14(20-16(12)18)19-10-11-3-6-13(17)7-4-11;5-3(6)1-2-4(7)8/h3-8H,2,9-10H2,1H3,(H3,18,19,20);1-2H,(H,5,6)(H,7,8)/b;2-1-. The van der Waals surface area contributed by atoms with Gasteiger partial charge in [0.25, 0.3) is 0 Å². The number of nitrogens with one attached hydrogen (secondary N) is 1. The van der Waals surface area contributed by atoms with Crippen LogP contribution in [0.15, 0.2) is 48.6 Å². The topological polar surface area (TPSA) is 152 Å². The number of carbonyl (C=O) groups is 3. The van der Waals surface area contributed by atoms with Crippen molar-refractivity contribution >= 4 is 29.5 Å². The van der Waals surface area contributed by atoms with E-state index in [9.17, 15) is 18.8 Å². The van der Waals surface area contributed by atoms with Crippen molar-refractivity contribution in [3.05, 3.63) is 65.5 Å². The quantitative estimate of drug-likeness (QED) is 0.373. The molecule has 0 aliphatic heterocycles. The zero-order valence-electron chi connectivity index (χ0n) is 16.2. The van der Waals surface area contributed by atoms with Crippen molar-refractivity contribution in [2.45, 2.75) is 19.9 Å². The summed E-state index contributed by atoms with van der Waals surface area (Å²) in [5.41, 5.74) is 7.40. The van der Waals surface area contributed by atoms with Crippen molar-refractivity contribution in [2.24, 2.45) is 0 Å². The van der Waals surface area contributed by atoms with Crippen LogP contribution in [0.5, 0.6) is 0 Å². The van der Waals surface area contributed by atoms with E-state index in [1.165, 1.54) is 12.1 Å². The van der Waals surface area contributed by atoms with Crippen molar-refractivity contribution in [1.82, 2.24) is 4.98 Å². The van der Waals surface area contributed by atoms with Crippen LogP contribution in [0.1, 0.15) is 18.1 Å². The molecule has 9 nitrogen and oxygen atoms in total. The predicted molar refractivity (Wildman–Crippen MR) is 107 cm³/mol. The summed E-state index contributed by atoms with van der Waals surface area (Å²) in [6.45, 7) is 2.59. The number of ether oxygens (including phenoxy) is 1. The average Bonchev–Trinajstić information content (AvgIpc) is 2.68. The van der Waals surface area contributed by atoms with Crippen LogP contribution >= 0.6 is 0 Å². The summed E-state index contributed by atoms with van der Waals surface area (Å²) >= 11 is 0. The van der Waals surface area contributed by atoms with Crippen molar-refractivity contribution in [3.8, 4) is 0 Å². The van der Waals surface area contributed by atoms with E-state index in [2.05, 4.69) is 10.3 Å². The summed E-state index contributed by atoms with van der Waals surface area (Å²) in [5.74, 6) is -2.23. The fourth-order valence-corrected chi connectivity index (χ4v) is 2.06. The summed E-state index contributed by atoms with van der Waals surface area (Å²) in [4.78, 5) is 34.7. The Morgan fingerprint density at radius 1 is 1.10 bits per heavy atom. The second-order valence-electron chi connectivity index (χ2n) is 5.71. The molecule has 0 unspecified atom stereocenters. The van der Waals surface area contributed by atoms with E-state index in [1.807, 2.05) is 0 Å². The number of carbonyl (C=O) groups excluding carboxylic acids is 1. The first kappa shape index (κ1) is 24.1. The molecule has 2 rings (SSSR count). The highest BCUT2D eigenvalue weighted by molar-refractivity contribution is 5.89. The highest BCUT2D eigenvalue weighted by Crippen LogP contribution is 2.15. The molecule has 0 aliphatic carbocycles. The number of halogens is 1. The fraction of sp³-hybridized carbons (Fsp3) is 0.200. The number of carboxylic acid groups (broad SMARTS) is 2. The normalized spacial score (nSPS) is 10.1. The smallest absolute Gasteiger partial charge is 0.328 e. The molecule has 0 saturated heterocycles. The summed E-state index contributed by atoms with van der Waals surface area (Å²) in [6.07, 6.45) is 1.22. The molecule has 2 aromatic rings. The van der Waals surface area contributed by atoms with Gasteiger partial charge in [-0.1, -0.05) is 18.2 Å². The molecule has 0 atom stereocenters. The molecule has 0 amide bonds. The highest BCUT2D eigenvalue weighted by Gasteiger charge is 2.09. The molecule has 0 spiro atoms. The number of aromatic nitrogens is 1. The number of anilines is 2. The highest BCUT2D eigenvalue weighted by atomic mass is 19.1. The lowest BCUT2D eigenvalue weighted by Crippen LogP contribution is -2.11. The maximum Gasteiger partial charge on any atom is 0.328 e. The number of benzene rings is 1. The van der Waals surface area contributed by atoms with Crippen LogP contribution in [0.25, 0.3) is 0 Å². The zero-order valence-corrected chi connectivity index (χ0v) is 16.2. The van der Waals surface area contributed by atoms with Gasteiger partial charge in [0, 0.05) is 24.3 Å². The fourth-order valence-electron chi connectivity index (χ4n) is 2.06. The van der Waals surface area contributed by atoms with Crippen LogP contribution in [0.4, 0.5) is 16.0 Å². The maximum absolute atomic E-state index is 12.8. The lowest BCUT2D eigenvalue weighted by Gasteiger charge is -2.09. The lowest BCUT2D eigenvalue weighted by molar-refractivity contribution is -0.142. The monoisotopic (exact) mass is 419 g/mol. The van der Waals surface area contributed by atoms with Crippen LogP contribution in [-0.2, 0) is 32.1 Å². The summed E-state index contributed by atoms with van der Waals surface area (Å²) in [6, 6.07) is 9.69. The molecule has 1 aromatic carbocycles. The molecule has 0 radical (unpaired) electrons. The Bertz CT molecular complexity index is 884. The van der Waals surface area contributed by atoms with Crippen molar-refractivity contribution in [3.63, 3.8) is 0 Å². The third kappa shape index (κ3) is 9.83. The minimum absolute atomic E-state index is 0.102. The Morgan fingerprint density at radius 3 is 2.20 bits per heavy atom. The van der Waals surface area contributed by atoms with E-state index in [-0.39, 0.29) is 24.0 Å². The number of nitrogens with zero attached hydrogens (tertiary/aromatic N) is 1. The molecule has 1 heterocycles. The maximum atomic E-state index is 12.8. The Balaban J connectivity index is 0.000000479. The summed E-state index contributed by atoms with van der Waals surface area (Å²) in [7, 11) is 0. The minimum Gasteiger partial charge on any atom is -0.478 e. The first-order valence-corrected chi connectivity index (χ1v) is 8.74. The Kier molecular flexibility index (Phi) is 10.0. The molecule has 0 bridgehead atoms. The zero-order chi connectivity index (χ0) is 22.5. The van der Waals surface area contributed by atoms with Gasteiger partial charge in [-0.25, -0.2) is 19.0 Å². The van der Waals surface area contributed by atoms with E-state index in [4.69, 9.17) is 20.7 Å². The van der Waals surface area contributed by atoms with Crippen LogP contribution in [0.2, 0.25) is 0 Å². The number of nitrogen functional groups attached to an aromatic ring is 1. The number of carboxylic acids is 2. The van der Waals surface area contributed by atoms with E-state index in [1.54, 1.807) is 31.2 Å². The van der Waals surface area contributed by atoms with E-state index in [0.29, 0.717) is 36.7 Å². The average molecular weight is 419 g/mol. The van der Waals surface area contributed by atoms with E-state index >= 15 is 0 Å². The van der Waals surface area contributed by atoms with Gasteiger partial charge in [-0.3, -0.25) is 4.79 Å². The van der Waals surface area contributed by atoms with Crippen molar-refractivity contribution < 1.29 is 33.7 Å². The van der Waals surface area contributed by atoms with Gasteiger partial charge in [-0.15, -0.1) is 0 Å². The number of hydrogen-bond acceptors (Lipinski definition) is 7. The number of aliphatic carboxylic acids is 2. The molecule has 0 fully saturated rings. The molecule has 1 aromatic heterocycles. The second-order valence-corrected chi connectivity index (χ2v) is 5.71. The molecule has 0 saturated carbocycles. The molecule has 0 aliphatic rings. The number of pyridine rings is 1. The molecular weight excluding hydrogens is 397 g/mol. The summed E-state index contributed by atoms with van der Waals surface area (Å²) < 4.78 is 17.7. The van der Waals surface area contributed by atoms with E-state index < -0.39 is 11.9 Å². The number of esters is 1. The van der Waals surface area contributed by atoms with Crippen LogP contribution < -0.4 is 11.1 Å². The van der Waals surface area contributed by atoms with Crippen LogP contribution in [-0.4, -0.2) is 39.7 Å². The predicted octanol–water partition coefficient (Wildman–Crippen LogP) is 2.23. The van der Waals surface area contributed by atoms with Crippen LogP contribution in [0.3, 0.4) is 0 Å². The third-order valence-electron chi connectivity index (χ3n) is 3.41. The molecule has 30 heavy (non-hydrogen) atoms. The third-order valence-corrected chi connectivity index (χ3v) is 3.41. The SMILES string of the molecule is CCOC(=O)Cc1ccc(NCc2ccc(F)cc2)nc1N.O=C(O)/C=C\C(=O)O. The van der Waals surface area contributed by atoms with Gasteiger partial charge in [0.15, 0.2) is 0 Å². The first-order chi connectivity index (χ1) is 14.2. The number of hydrogen-bond donors (Lipinski definition) is 4. The number of rotatable bonds is 8. The lowest BCUT2D eigenvalue weighted by atomic mass is 10.2. The molecule has 10 heteroatoms. The molecule has 5 N–H and O–H groups in total. The van der Waals surface area contributed by atoms with E-state index in [0.717, 1.165) is 5.56 Å². The van der Waals surface area contributed by atoms with Crippen molar-refractivity contribution in [2.75, 3.05) is 17.7 Å².